The topological polar surface area (TPSA) is 55.8 Å². The van der Waals surface area contributed by atoms with E-state index < -0.39 is 0 Å². The van der Waals surface area contributed by atoms with Gasteiger partial charge in [-0.1, -0.05) is 37.6 Å². The summed E-state index contributed by atoms with van der Waals surface area (Å²) < 4.78 is 10.4. The van der Waals surface area contributed by atoms with Crippen molar-refractivity contribution < 1.29 is 19.1 Å². The summed E-state index contributed by atoms with van der Waals surface area (Å²) in [5.74, 6) is 0.623. The predicted molar refractivity (Wildman–Crippen MR) is 117 cm³/mol. The molecule has 3 rings (SSSR count). The van der Waals surface area contributed by atoms with Gasteiger partial charge in [0.1, 0.15) is 11.5 Å². The number of hydrogen-bond acceptors (Lipinski definition) is 5. The van der Waals surface area contributed by atoms with E-state index in [-0.39, 0.29) is 17.4 Å². The monoisotopic (exact) mass is 409 g/mol. The Morgan fingerprint density at radius 3 is 2.37 bits per heavy atom. The molecule has 5 heteroatoms. The largest absolute Gasteiger partial charge is 0.427 e. The van der Waals surface area contributed by atoms with Crippen molar-refractivity contribution in [1.82, 2.24) is 4.90 Å². The lowest BCUT2D eigenvalue weighted by atomic mass is 9.76. The molecule has 2 aromatic carbocycles. The van der Waals surface area contributed by atoms with Crippen LogP contribution in [0.1, 0.15) is 51.2 Å². The molecule has 1 heterocycles. The van der Waals surface area contributed by atoms with Crippen molar-refractivity contribution in [3.63, 3.8) is 0 Å². The van der Waals surface area contributed by atoms with Crippen LogP contribution in [0.4, 0.5) is 0 Å². The molecule has 2 aromatic rings. The minimum atomic E-state index is -0.301. The number of benzene rings is 2. The summed E-state index contributed by atoms with van der Waals surface area (Å²) in [4.78, 5) is 24.9. The highest BCUT2D eigenvalue weighted by atomic mass is 16.5. The van der Waals surface area contributed by atoms with E-state index in [1.807, 2.05) is 42.5 Å². The van der Waals surface area contributed by atoms with Crippen molar-refractivity contribution in [2.75, 3.05) is 19.6 Å². The third kappa shape index (κ3) is 5.70. The molecule has 0 radical (unpaired) electrons. The molecule has 0 aromatic heterocycles. The molecule has 1 unspecified atom stereocenters. The van der Waals surface area contributed by atoms with Gasteiger partial charge in [0, 0.05) is 32.4 Å². The number of carbonyl (C=O) groups is 2. The van der Waals surface area contributed by atoms with Gasteiger partial charge >= 0.3 is 11.9 Å². The van der Waals surface area contributed by atoms with Crippen LogP contribution >= 0.6 is 0 Å². The number of rotatable bonds is 8. The molecule has 0 amide bonds. The molecule has 0 aliphatic carbocycles. The van der Waals surface area contributed by atoms with E-state index in [0.717, 1.165) is 45.3 Å². The molecule has 30 heavy (non-hydrogen) atoms. The number of nitrogens with zero attached hydrogens (tertiary/aromatic N) is 1. The number of carbonyl (C=O) groups excluding carboxylic acids is 2. The van der Waals surface area contributed by atoms with Gasteiger partial charge in [-0.2, -0.15) is 0 Å². The quantitative estimate of drug-likeness (QED) is 0.474. The van der Waals surface area contributed by atoms with Gasteiger partial charge in [-0.15, -0.1) is 0 Å². The molecule has 1 fully saturated rings. The van der Waals surface area contributed by atoms with E-state index in [1.54, 1.807) is 0 Å². The second kappa shape index (κ2) is 9.90. The van der Waals surface area contributed by atoms with Crippen LogP contribution in [0.3, 0.4) is 0 Å². The second-order valence-corrected chi connectivity index (χ2v) is 8.17. The normalized spacial score (nSPS) is 18.9. The SMILES string of the molecule is CCCC1(c2cccc(OC(C)=O)c2)CCN(CCc2ccc(OC(C)=O)cc2)C1. The van der Waals surface area contributed by atoms with Crippen LogP contribution < -0.4 is 9.47 Å². The van der Waals surface area contributed by atoms with Crippen LogP contribution in [0.15, 0.2) is 48.5 Å². The Morgan fingerprint density at radius 2 is 1.70 bits per heavy atom. The summed E-state index contributed by atoms with van der Waals surface area (Å²) in [6.07, 6.45) is 4.29. The minimum Gasteiger partial charge on any atom is -0.427 e. The summed E-state index contributed by atoms with van der Waals surface area (Å²) in [6.45, 7) is 8.13. The highest BCUT2D eigenvalue weighted by Crippen LogP contribution is 2.40. The highest BCUT2D eigenvalue weighted by Gasteiger charge is 2.38. The summed E-state index contributed by atoms with van der Waals surface area (Å²) in [5, 5.41) is 0. The summed E-state index contributed by atoms with van der Waals surface area (Å²) in [5.41, 5.74) is 2.59. The molecule has 0 bridgehead atoms. The van der Waals surface area contributed by atoms with E-state index in [9.17, 15) is 9.59 Å². The number of likely N-dealkylation sites (tertiary alicyclic amines) is 1. The Kier molecular flexibility index (Phi) is 7.27. The zero-order valence-electron chi connectivity index (χ0n) is 18.1. The molecule has 0 N–H and O–H groups in total. The van der Waals surface area contributed by atoms with Gasteiger partial charge in [0.05, 0.1) is 0 Å². The Hall–Kier alpha value is -2.66. The van der Waals surface area contributed by atoms with E-state index in [2.05, 4.69) is 17.9 Å². The van der Waals surface area contributed by atoms with Crippen molar-refractivity contribution in [3.8, 4) is 11.5 Å². The highest BCUT2D eigenvalue weighted by molar-refractivity contribution is 5.69. The lowest BCUT2D eigenvalue weighted by molar-refractivity contribution is -0.132. The van der Waals surface area contributed by atoms with Crippen molar-refractivity contribution in [3.05, 3.63) is 59.7 Å². The fraction of sp³-hybridized carbons (Fsp3) is 0.440. The Morgan fingerprint density at radius 1 is 1.00 bits per heavy atom. The van der Waals surface area contributed by atoms with Gasteiger partial charge in [0.2, 0.25) is 0 Å². The number of ether oxygens (including phenoxy) is 2. The maximum Gasteiger partial charge on any atom is 0.308 e. The Labute approximate surface area is 179 Å². The zero-order valence-corrected chi connectivity index (χ0v) is 18.1. The van der Waals surface area contributed by atoms with E-state index in [4.69, 9.17) is 9.47 Å². The van der Waals surface area contributed by atoms with Gasteiger partial charge in [-0.05, 0) is 61.2 Å². The van der Waals surface area contributed by atoms with Gasteiger partial charge in [-0.25, -0.2) is 0 Å². The summed E-state index contributed by atoms with van der Waals surface area (Å²) in [6, 6.07) is 15.8. The standard InChI is InChI=1S/C25H31NO4/c1-4-13-25(22-6-5-7-24(17-22)30-20(3)28)14-16-26(18-25)15-12-21-8-10-23(11-9-21)29-19(2)27/h5-11,17H,4,12-16,18H2,1-3H3. The predicted octanol–water partition coefficient (Wildman–Crippen LogP) is 4.52. The molecule has 0 spiro atoms. The molecule has 1 aliphatic rings. The first-order chi connectivity index (χ1) is 14.4. The van der Waals surface area contributed by atoms with E-state index in [0.29, 0.717) is 11.5 Å². The van der Waals surface area contributed by atoms with Crippen LogP contribution in [0.2, 0.25) is 0 Å². The third-order valence-electron chi connectivity index (χ3n) is 5.77. The smallest absolute Gasteiger partial charge is 0.308 e. The van der Waals surface area contributed by atoms with E-state index in [1.165, 1.54) is 25.0 Å². The first-order valence-electron chi connectivity index (χ1n) is 10.7. The fourth-order valence-corrected chi connectivity index (χ4v) is 4.44. The average Bonchev–Trinajstić information content (AvgIpc) is 3.11. The lowest BCUT2D eigenvalue weighted by Crippen LogP contribution is -2.32. The van der Waals surface area contributed by atoms with Crippen LogP contribution in [-0.4, -0.2) is 36.5 Å². The molecule has 0 saturated carbocycles. The maximum atomic E-state index is 11.3. The molecule has 160 valence electrons. The Balaban J connectivity index is 1.64. The first kappa shape index (κ1) is 22.0. The fourth-order valence-electron chi connectivity index (χ4n) is 4.44. The third-order valence-corrected chi connectivity index (χ3v) is 5.77. The van der Waals surface area contributed by atoms with Crippen LogP contribution in [0, 0.1) is 0 Å². The summed E-state index contributed by atoms with van der Waals surface area (Å²) >= 11 is 0. The average molecular weight is 410 g/mol. The second-order valence-electron chi connectivity index (χ2n) is 8.17. The summed E-state index contributed by atoms with van der Waals surface area (Å²) in [7, 11) is 0. The molecular formula is C25H31NO4. The van der Waals surface area contributed by atoms with Crippen LogP contribution in [0.25, 0.3) is 0 Å². The van der Waals surface area contributed by atoms with Crippen LogP contribution in [0.5, 0.6) is 11.5 Å². The zero-order chi connectivity index (χ0) is 21.6. The van der Waals surface area contributed by atoms with Gasteiger partial charge < -0.3 is 14.4 Å². The van der Waals surface area contributed by atoms with Crippen LogP contribution in [-0.2, 0) is 21.4 Å². The van der Waals surface area contributed by atoms with Crippen molar-refractivity contribution in [2.45, 2.75) is 51.9 Å². The number of hydrogen-bond donors (Lipinski definition) is 0. The minimum absolute atomic E-state index is 0.101. The molecular weight excluding hydrogens is 378 g/mol. The maximum absolute atomic E-state index is 11.3. The molecule has 1 aliphatic heterocycles. The van der Waals surface area contributed by atoms with Gasteiger partial charge in [0.15, 0.2) is 0 Å². The van der Waals surface area contributed by atoms with Gasteiger partial charge in [-0.3, -0.25) is 9.59 Å². The molecule has 1 atom stereocenters. The first-order valence-corrected chi connectivity index (χ1v) is 10.7. The van der Waals surface area contributed by atoms with Crippen molar-refractivity contribution >= 4 is 11.9 Å². The van der Waals surface area contributed by atoms with Crippen molar-refractivity contribution in [1.29, 1.82) is 0 Å². The molecule has 5 nitrogen and oxygen atoms in total. The lowest BCUT2D eigenvalue weighted by Gasteiger charge is -2.30. The van der Waals surface area contributed by atoms with Gasteiger partial charge in [0.25, 0.3) is 0 Å². The molecule has 1 saturated heterocycles. The Bertz CT molecular complexity index is 877. The van der Waals surface area contributed by atoms with E-state index >= 15 is 0 Å². The number of esters is 2. The van der Waals surface area contributed by atoms with Crippen molar-refractivity contribution in [2.24, 2.45) is 0 Å².